The minimum Gasteiger partial charge on any atom is -0.478 e. The number of carboxylic acid groups (broad SMARTS) is 1. The van der Waals surface area contributed by atoms with E-state index >= 15 is 0 Å². The zero-order valence-corrected chi connectivity index (χ0v) is 18.7. The third-order valence-corrected chi connectivity index (χ3v) is 5.83. The second kappa shape index (κ2) is 9.29. The van der Waals surface area contributed by atoms with Crippen molar-refractivity contribution in [2.45, 2.75) is 6.54 Å². The van der Waals surface area contributed by atoms with Gasteiger partial charge in [-0.15, -0.1) is 0 Å². The summed E-state index contributed by atoms with van der Waals surface area (Å²) in [5, 5.41) is 15.0. The van der Waals surface area contributed by atoms with Crippen molar-refractivity contribution in [3.8, 4) is 22.3 Å². The number of hydrogen-bond acceptors (Lipinski definition) is 5. The Morgan fingerprint density at radius 1 is 0.912 bits per heavy atom. The van der Waals surface area contributed by atoms with Gasteiger partial charge in [0, 0.05) is 35.1 Å². The summed E-state index contributed by atoms with van der Waals surface area (Å²) in [4.78, 5) is 25.0. The lowest BCUT2D eigenvalue weighted by Crippen LogP contribution is -2.06. The van der Waals surface area contributed by atoms with Crippen molar-refractivity contribution in [2.24, 2.45) is 0 Å². The van der Waals surface area contributed by atoms with E-state index in [4.69, 9.17) is 16.6 Å². The lowest BCUT2D eigenvalue weighted by atomic mass is 9.93. The minimum absolute atomic E-state index is 0.0619. The van der Waals surface area contributed by atoms with Crippen molar-refractivity contribution in [3.05, 3.63) is 108 Å². The lowest BCUT2D eigenvalue weighted by molar-refractivity contribution is 0.0697. The molecular formula is C27H19ClN4O2. The maximum Gasteiger partial charge on any atom is 0.337 e. The van der Waals surface area contributed by atoms with Crippen molar-refractivity contribution in [1.82, 2.24) is 15.0 Å². The second-order valence-electron chi connectivity index (χ2n) is 7.62. The molecule has 2 aromatic carbocycles. The van der Waals surface area contributed by atoms with E-state index in [-0.39, 0.29) is 10.7 Å². The summed E-state index contributed by atoms with van der Waals surface area (Å²) in [7, 11) is 0. The van der Waals surface area contributed by atoms with E-state index in [0.29, 0.717) is 23.5 Å². The number of benzene rings is 2. The van der Waals surface area contributed by atoms with Crippen molar-refractivity contribution in [2.75, 3.05) is 5.32 Å². The molecule has 5 rings (SSSR count). The summed E-state index contributed by atoms with van der Waals surface area (Å²) >= 11 is 6.72. The van der Waals surface area contributed by atoms with Crippen LogP contribution in [-0.2, 0) is 6.54 Å². The first-order chi connectivity index (χ1) is 16.6. The first-order valence-electron chi connectivity index (χ1n) is 10.6. The number of pyridine rings is 3. The molecule has 7 heteroatoms. The Morgan fingerprint density at radius 3 is 2.50 bits per heavy atom. The molecule has 0 radical (unpaired) electrons. The monoisotopic (exact) mass is 466 g/mol. The Labute approximate surface area is 200 Å². The summed E-state index contributed by atoms with van der Waals surface area (Å²) in [5.74, 6) is -0.483. The molecule has 0 amide bonds. The van der Waals surface area contributed by atoms with Gasteiger partial charge in [-0.2, -0.15) is 0 Å². The molecular weight excluding hydrogens is 448 g/mol. The summed E-state index contributed by atoms with van der Waals surface area (Å²) < 4.78 is 0. The first kappa shape index (κ1) is 21.6. The molecule has 166 valence electrons. The molecule has 34 heavy (non-hydrogen) atoms. The number of aromatic nitrogens is 3. The number of halogens is 1. The van der Waals surface area contributed by atoms with Crippen LogP contribution in [0.15, 0.2) is 91.4 Å². The smallest absolute Gasteiger partial charge is 0.337 e. The van der Waals surface area contributed by atoms with Gasteiger partial charge in [0.05, 0.1) is 17.8 Å². The fourth-order valence-corrected chi connectivity index (χ4v) is 4.33. The summed E-state index contributed by atoms with van der Waals surface area (Å²) in [5.41, 5.74) is 3.91. The van der Waals surface area contributed by atoms with Gasteiger partial charge in [-0.1, -0.05) is 66.2 Å². The molecule has 0 aliphatic carbocycles. The summed E-state index contributed by atoms with van der Waals surface area (Å²) in [6, 6.07) is 23.2. The van der Waals surface area contributed by atoms with Gasteiger partial charge < -0.3 is 10.4 Å². The molecule has 0 spiro atoms. The van der Waals surface area contributed by atoms with Crippen molar-refractivity contribution in [1.29, 1.82) is 0 Å². The van der Waals surface area contributed by atoms with Crippen LogP contribution in [-0.4, -0.2) is 26.0 Å². The number of fused-ring (bicyclic) bond motifs is 1. The third-order valence-electron chi connectivity index (χ3n) is 5.56. The van der Waals surface area contributed by atoms with E-state index in [1.807, 2.05) is 66.7 Å². The highest BCUT2D eigenvalue weighted by molar-refractivity contribution is 6.35. The van der Waals surface area contributed by atoms with Gasteiger partial charge in [0.1, 0.15) is 11.0 Å². The second-order valence-corrected chi connectivity index (χ2v) is 7.98. The molecule has 6 nitrogen and oxygen atoms in total. The van der Waals surface area contributed by atoms with E-state index < -0.39 is 5.97 Å². The predicted molar refractivity (Wildman–Crippen MR) is 134 cm³/mol. The van der Waals surface area contributed by atoms with Gasteiger partial charge in [0.15, 0.2) is 0 Å². The van der Waals surface area contributed by atoms with Crippen LogP contribution in [0.25, 0.3) is 33.0 Å². The molecule has 0 saturated heterocycles. The maximum absolute atomic E-state index is 11.9. The lowest BCUT2D eigenvalue weighted by Gasteiger charge is -2.18. The Morgan fingerprint density at radius 2 is 1.74 bits per heavy atom. The van der Waals surface area contributed by atoms with Crippen molar-refractivity contribution >= 4 is 34.2 Å². The van der Waals surface area contributed by atoms with Crippen LogP contribution in [0.5, 0.6) is 0 Å². The Hall–Kier alpha value is -4.29. The standard InChI is InChI=1S/C27H19ClN4O2/c28-25-23(20-12-14-29-16-22(20)27(33)34)21-11-6-10-19(17-7-2-1-3-8-17)24(21)26(32-25)31-15-18-9-4-5-13-30-18/h1-14,16H,15H2,(H,31,32)(H,33,34). The summed E-state index contributed by atoms with van der Waals surface area (Å²) in [6.45, 7) is 0.456. The zero-order valence-electron chi connectivity index (χ0n) is 17.9. The van der Waals surface area contributed by atoms with Crippen LogP contribution in [0.4, 0.5) is 5.82 Å². The number of anilines is 1. The molecule has 0 aliphatic heterocycles. The molecule has 2 N–H and O–H groups in total. The quantitative estimate of drug-likeness (QED) is 0.284. The van der Waals surface area contributed by atoms with E-state index in [1.54, 1.807) is 18.5 Å². The van der Waals surface area contributed by atoms with E-state index in [0.717, 1.165) is 27.6 Å². The molecule has 5 aromatic rings. The highest BCUT2D eigenvalue weighted by atomic mass is 35.5. The average molecular weight is 467 g/mol. The van der Waals surface area contributed by atoms with Crippen LogP contribution in [0, 0.1) is 0 Å². The van der Waals surface area contributed by atoms with Gasteiger partial charge >= 0.3 is 5.97 Å². The number of rotatable bonds is 6. The van der Waals surface area contributed by atoms with Crippen LogP contribution in [0.1, 0.15) is 16.1 Å². The van der Waals surface area contributed by atoms with E-state index in [2.05, 4.69) is 15.3 Å². The first-order valence-corrected chi connectivity index (χ1v) is 11.0. The summed E-state index contributed by atoms with van der Waals surface area (Å²) in [6.07, 6.45) is 4.62. The molecule has 0 atom stereocenters. The molecule has 0 bridgehead atoms. The molecule has 0 fully saturated rings. The predicted octanol–water partition coefficient (Wildman–Crippen LogP) is 6.32. The minimum atomic E-state index is -1.08. The van der Waals surface area contributed by atoms with Gasteiger partial charge in [0.2, 0.25) is 0 Å². The number of nitrogens with one attached hydrogen (secondary N) is 1. The molecule has 3 aromatic heterocycles. The van der Waals surface area contributed by atoms with Gasteiger partial charge in [-0.05, 0) is 34.7 Å². The molecule has 0 saturated carbocycles. The van der Waals surface area contributed by atoms with Crippen molar-refractivity contribution in [3.63, 3.8) is 0 Å². The number of carbonyl (C=O) groups is 1. The number of aromatic carboxylic acids is 1. The topological polar surface area (TPSA) is 88.0 Å². The van der Waals surface area contributed by atoms with E-state index in [9.17, 15) is 9.90 Å². The third kappa shape index (κ3) is 4.07. The number of nitrogens with zero attached hydrogens (tertiary/aromatic N) is 3. The van der Waals surface area contributed by atoms with E-state index in [1.165, 1.54) is 6.20 Å². The van der Waals surface area contributed by atoms with Gasteiger partial charge in [0.25, 0.3) is 0 Å². The number of hydrogen-bond donors (Lipinski definition) is 2. The molecule has 3 heterocycles. The van der Waals surface area contributed by atoms with Crippen LogP contribution in [0.3, 0.4) is 0 Å². The van der Waals surface area contributed by atoms with Gasteiger partial charge in [-0.25, -0.2) is 9.78 Å². The molecule has 0 unspecified atom stereocenters. The zero-order chi connectivity index (χ0) is 23.5. The maximum atomic E-state index is 11.9. The Balaban J connectivity index is 1.78. The number of carboxylic acids is 1. The largest absolute Gasteiger partial charge is 0.478 e. The van der Waals surface area contributed by atoms with Crippen LogP contribution in [0.2, 0.25) is 5.15 Å². The highest BCUT2D eigenvalue weighted by Gasteiger charge is 2.21. The van der Waals surface area contributed by atoms with Crippen molar-refractivity contribution < 1.29 is 9.90 Å². The fraction of sp³-hybridized carbons (Fsp3) is 0.0370. The SMILES string of the molecule is O=C(O)c1cnccc1-c1c(Cl)nc(NCc2ccccn2)c2c(-c3ccccc3)cccc12. The fourth-order valence-electron chi connectivity index (χ4n) is 4.04. The molecule has 0 aliphatic rings. The Bertz CT molecular complexity index is 1490. The van der Waals surface area contributed by atoms with Crippen LogP contribution < -0.4 is 5.32 Å². The highest BCUT2D eigenvalue weighted by Crippen LogP contribution is 2.42. The van der Waals surface area contributed by atoms with Gasteiger partial charge in [-0.3, -0.25) is 9.97 Å². The Kier molecular flexibility index (Phi) is 5.89. The van der Waals surface area contributed by atoms with Crippen LogP contribution >= 0.6 is 11.6 Å². The average Bonchev–Trinajstić information content (AvgIpc) is 2.88. The normalized spacial score (nSPS) is 10.9.